The molecule has 4 unspecified atom stereocenters. The molecule has 5 aliphatic heterocycles. The van der Waals surface area contributed by atoms with Gasteiger partial charge in [-0.1, -0.05) is 325 Å². The Labute approximate surface area is 827 Å². The number of rotatable bonds is 17. The summed E-state index contributed by atoms with van der Waals surface area (Å²) in [4.78, 5) is 29.0. The molecule has 694 valence electrons. The quantitative estimate of drug-likeness (QED) is 0.0193. The summed E-state index contributed by atoms with van der Waals surface area (Å²) in [6, 6.07) is 105. The van der Waals surface area contributed by atoms with Crippen molar-refractivity contribution in [3.8, 4) is 39.8 Å². The van der Waals surface area contributed by atoms with Crippen molar-refractivity contribution < 1.29 is 42.9 Å². The Morgan fingerprint density at radius 3 is 1.65 bits per heavy atom. The molecule has 1 fully saturated rings. The van der Waals surface area contributed by atoms with Crippen LogP contribution in [0.25, 0.3) is 38.1 Å². The lowest BCUT2D eigenvalue weighted by molar-refractivity contribution is -0.384. The van der Waals surface area contributed by atoms with Crippen molar-refractivity contribution in [2.45, 2.75) is 40.5 Å². The maximum absolute atomic E-state index is 13.5. The highest BCUT2D eigenvalue weighted by Gasteiger charge is 2.62. The van der Waals surface area contributed by atoms with Crippen LogP contribution < -0.4 is 36.1 Å². The number of thiocarbonyl (C=S) groups is 1. The first-order valence-corrected chi connectivity index (χ1v) is 48.2. The first kappa shape index (κ1) is 95.4. The molecule has 6 aliphatic rings. The molecule has 0 amide bonds. The van der Waals surface area contributed by atoms with Crippen LogP contribution in [0.15, 0.2) is 376 Å². The third-order valence-corrected chi connectivity index (χ3v) is 28.2. The van der Waals surface area contributed by atoms with Gasteiger partial charge < -0.3 is 29.7 Å². The number of aromatic nitrogens is 5. The molecule has 7 N–H and O–H groups in total. The molecule has 138 heavy (non-hydrogen) atoms. The lowest BCUT2D eigenvalue weighted by Gasteiger charge is -2.39. The molecule has 3 aromatic heterocycles. The molecule has 0 saturated carbocycles. The molecule has 0 bridgehead atoms. The van der Waals surface area contributed by atoms with Crippen LogP contribution in [-0.2, 0) is 0 Å². The van der Waals surface area contributed by atoms with E-state index in [0.717, 1.165) is 107 Å². The van der Waals surface area contributed by atoms with Crippen molar-refractivity contribution in [1.82, 2.24) is 50.9 Å². The molecule has 8 heterocycles. The minimum atomic E-state index is -4.91. The zero-order valence-corrected chi connectivity index (χ0v) is 79.9. The Hall–Kier alpha value is -14.3. The van der Waals surface area contributed by atoms with E-state index in [1.807, 2.05) is 181 Å². The largest absolute Gasteiger partial charge is 0.508 e. The van der Waals surface area contributed by atoms with E-state index < -0.39 is 23.2 Å². The van der Waals surface area contributed by atoms with Gasteiger partial charge in [0.15, 0.2) is 5.65 Å². The van der Waals surface area contributed by atoms with Crippen LogP contribution >= 0.6 is 86.4 Å². The maximum atomic E-state index is 13.5. The Morgan fingerprint density at radius 1 is 0.594 bits per heavy atom. The maximum Gasteiger partial charge on any atom is 0.438 e. The van der Waals surface area contributed by atoms with E-state index >= 15 is 0 Å². The molecule has 0 spiro atoms. The number of piperazine rings is 1. The topological polar surface area (TPSA) is 298 Å². The third kappa shape index (κ3) is 22.3. The molecule has 22 rings (SSSR count). The number of ether oxygens (including phenoxy) is 2. The van der Waals surface area contributed by atoms with E-state index in [-0.39, 0.29) is 44.0 Å². The van der Waals surface area contributed by atoms with Gasteiger partial charge in [0, 0.05) is 81.7 Å². The van der Waals surface area contributed by atoms with Crippen LogP contribution in [0.4, 0.5) is 29.8 Å². The van der Waals surface area contributed by atoms with Gasteiger partial charge in [0.05, 0.1) is 76.6 Å². The first-order chi connectivity index (χ1) is 67.2. The molecule has 0 radical (unpaired) electrons. The molecular formula is C103H85BrClF3N18O7S5. The fraction of sp³-hybridized carbons (Fsp3) is 0.126. The number of hydrazone groups is 5. The Bertz CT molecular complexity index is 6950. The number of aromatic hydroxyl groups is 2. The smallest absolute Gasteiger partial charge is 0.438 e. The van der Waals surface area contributed by atoms with Crippen molar-refractivity contribution in [3.05, 3.63) is 427 Å². The van der Waals surface area contributed by atoms with Crippen LogP contribution in [0.3, 0.4) is 0 Å². The van der Waals surface area contributed by atoms with Gasteiger partial charge in [-0.2, -0.15) is 43.8 Å². The number of fused-ring (bicyclic) bond motifs is 5. The second kappa shape index (κ2) is 44.2. The lowest BCUT2D eigenvalue weighted by atomic mass is 10.0. The molecule has 16 aromatic rings. The van der Waals surface area contributed by atoms with Gasteiger partial charge >= 0.3 is 6.18 Å². The Morgan fingerprint density at radius 2 is 1.10 bits per heavy atom. The van der Waals surface area contributed by atoms with Gasteiger partial charge in [-0.05, 0) is 116 Å². The summed E-state index contributed by atoms with van der Waals surface area (Å²) in [5.41, 5.74) is 25.5. The number of aliphatic hydroxyl groups is 1. The van der Waals surface area contributed by atoms with Gasteiger partial charge in [0.25, 0.3) is 11.4 Å². The van der Waals surface area contributed by atoms with Crippen molar-refractivity contribution in [2.24, 2.45) is 25.5 Å². The summed E-state index contributed by atoms with van der Waals surface area (Å²) in [6.45, 7) is 3.80. The fourth-order valence-electron chi connectivity index (χ4n) is 15.7. The number of nitrogens with zero attached hydrogens (tertiary/aromatic N) is 14. The van der Waals surface area contributed by atoms with E-state index in [9.17, 15) is 38.6 Å². The number of benzene rings is 13. The van der Waals surface area contributed by atoms with Crippen LogP contribution in [0.5, 0.6) is 23.0 Å². The number of nitro groups is 1. The molecular weight excluding hydrogens is 1930 g/mol. The lowest BCUT2D eigenvalue weighted by Crippen LogP contribution is -2.56. The Kier molecular flexibility index (Phi) is 30.6. The predicted octanol–water partition coefficient (Wildman–Crippen LogP) is 23.1. The van der Waals surface area contributed by atoms with Crippen LogP contribution in [-0.4, -0.2) is 139 Å². The summed E-state index contributed by atoms with van der Waals surface area (Å²) in [7, 11) is 3.09. The molecule has 35 heteroatoms. The minimum absolute atomic E-state index is 0.0337. The van der Waals surface area contributed by atoms with E-state index in [0.29, 0.717) is 48.8 Å². The number of hydrogen-bond donors (Lipinski definition) is 7. The summed E-state index contributed by atoms with van der Waals surface area (Å²) in [6.07, 6.45) is -0.421. The molecule has 25 nitrogen and oxygen atoms in total. The number of hydrogen-bond acceptors (Lipinski definition) is 27. The molecule has 13 aromatic carbocycles. The number of nitro benzene ring substituents is 1. The number of para-hydroxylation sites is 2. The number of thiazole rings is 1. The normalized spacial score (nSPS) is 16.8. The number of halogens is 5. The second-order valence-corrected chi connectivity index (χ2v) is 37.3. The summed E-state index contributed by atoms with van der Waals surface area (Å²) < 4.78 is 54.8. The second-order valence-electron chi connectivity index (χ2n) is 31.3. The number of methoxy groups -OCH3 is 2. The number of nitrogens with one attached hydrogen (secondary N) is 4. The van der Waals surface area contributed by atoms with E-state index in [1.165, 1.54) is 69.1 Å². The van der Waals surface area contributed by atoms with Crippen molar-refractivity contribution >= 4 is 156 Å². The van der Waals surface area contributed by atoms with Gasteiger partial charge in [0.1, 0.15) is 71.4 Å². The summed E-state index contributed by atoms with van der Waals surface area (Å²) >= 11 is 20.9. The van der Waals surface area contributed by atoms with Crippen molar-refractivity contribution in [2.75, 3.05) is 50.7 Å². The molecule has 1 saturated heterocycles. The predicted molar refractivity (Wildman–Crippen MR) is 554 cm³/mol. The SMILES string of the molecule is COc1cc(O)cc(Br)c1/C=N/Nc1nc2ccccc2s1.COc1ccc([N+](=O)[O-])cc1C1NN=C(c2ccccc2)S1.Clc1ccc(C2NN=C(c3ccccc3)S2)cc1.OC1(C(F)(F)F)CC(c2ccccc2)=NN1C(=S)c1ccccc1.Oc1ccc(C2NN=C(c3ccccc3)S2)cc1.c1ccc(-n2ncc3c(N4CCN(C5c6ccccc6-c6ccccc65)CC4)ncnc32)cc1. The number of anilines is 2. The monoisotopic (exact) mass is 2020 g/mol. The summed E-state index contributed by atoms with van der Waals surface area (Å²) in [5.74, 6) is 2.51. The van der Waals surface area contributed by atoms with Gasteiger partial charge in [-0.3, -0.25) is 36.7 Å². The van der Waals surface area contributed by atoms with Crippen molar-refractivity contribution in [3.63, 3.8) is 0 Å². The van der Waals surface area contributed by atoms with Gasteiger partial charge in [-0.25, -0.2) is 24.6 Å². The minimum Gasteiger partial charge on any atom is -0.508 e. The van der Waals surface area contributed by atoms with Gasteiger partial charge in [-0.15, -0.1) is 0 Å². The average Bonchev–Trinajstić information content (AvgIpc) is 1.60. The number of alkyl halides is 3. The fourth-order valence-corrected chi connectivity index (χ4v) is 20.5. The third-order valence-electron chi connectivity index (χ3n) is 22.5. The highest BCUT2D eigenvalue weighted by molar-refractivity contribution is 9.10. The zero-order chi connectivity index (χ0) is 95.7. The summed E-state index contributed by atoms with van der Waals surface area (Å²) in [5, 5.41) is 71.9. The van der Waals surface area contributed by atoms with Crippen LogP contribution in [0.2, 0.25) is 5.02 Å². The standard InChI is InChI=1S/C28H24N6.C17H13F3N2OS.C15H12BrN3O2S.C15H13N3O3S.C14H11ClN2S.C14H12N2OS/c1-2-8-20(9-3-1)34-28-25(18-31-34)27(29-19-30-28)33-16-14-32(15-17-33)26-23-12-6-4-10-21(23)22-11-5-7-13-24(22)26;18-17(19,20)16(23)11-14(12-7-3-1-4-8-12)21-22(16)15(24)13-9-5-2-6-10-13;1-21-13-7-9(20)6-11(16)10(13)8-17-19-15-18-12-4-2-3-5-14(12)22-15;1-21-13-8-7-11(18(19)20)9-12(13)15-17-16-14(22-15)10-5-3-2-4-6-10;15-12-8-6-11(7-9-12)14-17-16-13(18-14)10-4-2-1-3-5-10;17-12-8-6-11(7-9-12)14-16-15-13(18-14)10-4-2-1-3-5-10/h1-13,18-19,26H,14-17H2;1-10,23H,11H2;2-8,20H,1H3,(H,18,19);2-9,15,17H,1H3;1-9,14,17H;1-9,14,16-17H/b;;17-8+;;;. The van der Waals surface area contributed by atoms with Crippen molar-refractivity contribution in [1.29, 1.82) is 0 Å². The first-order valence-electron chi connectivity index (χ1n) is 43.2. The van der Waals surface area contributed by atoms with Crippen LogP contribution in [0, 0.1) is 10.1 Å². The van der Waals surface area contributed by atoms with Gasteiger partial charge in [0.2, 0.25) is 5.13 Å². The number of non-ortho nitro benzene ring substituents is 1. The number of phenols is 2. The molecule has 4 atom stereocenters. The van der Waals surface area contributed by atoms with E-state index in [2.05, 4.69) is 154 Å². The van der Waals surface area contributed by atoms with E-state index in [1.54, 1.807) is 135 Å². The Balaban J connectivity index is 0.000000116. The van der Waals surface area contributed by atoms with E-state index in [4.69, 9.17) is 33.3 Å². The number of phenolic OH excluding ortho intramolecular Hbond substituents is 2. The number of thioether (sulfide) groups is 3. The molecule has 1 aliphatic carbocycles. The van der Waals surface area contributed by atoms with Crippen LogP contribution in [0.1, 0.15) is 89.8 Å². The zero-order valence-electron chi connectivity index (χ0n) is 73.5. The average molecular weight is 2020 g/mol. The highest BCUT2D eigenvalue weighted by atomic mass is 79.9. The highest BCUT2D eigenvalue weighted by Crippen LogP contribution is 2.49.